The second-order valence-electron chi connectivity index (χ2n) is 5.69. The second-order valence-corrected chi connectivity index (χ2v) is 6.53. The smallest absolute Gasteiger partial charge is 0.166 e. The third-order valence-electron chi connectivity index (χ3n) is 3.58. The molecule has 0 aliphatic rings. The fourth-order valence-electron chi connectivity index (χ4n) is 2.36. The summed E-state index contributed by atoms with van der Waals surface area (Å²) in [6.07, 6.45) is 2.80. The highest BCUT2D eigenvalue weighted by molar-refractivity contribution is 6.31. The average Bonchev–Trinajstić information content (AvgIpc) is 3.04. The van der Waals surface area contributed by atoms with Crippen molar-refractivity contribution in [3.05, 3.63) is 70.5 Å². The van der Waals surface area contributed by atoms with Gasteiger partial charge in [-0.05, 0) is 37.3 Å². The van der Waals surface area contributed by atoms with Crippen LogP contribution in [0.1, 0.15) is 12.5 Å². The topological polar surface area (TPSA) is 60.2 Å². The standard InChI is InChI=1S/C17H14Cl2FN3O2/c1-17(24,8-23-10-21-9-22-23)13-6-15(20)16(7-14(13)19)25-12-4-2-11(18)3-5-12/h2-7,9-10,24H,8H2,1H3. The lowest BCUT2D eigenvalue weighted by molar-refractivity contribution is 0.0343. The molecule has 0 aliphatic carbocycles. The Bertz CT molecular complexity index is 868. The Kier molecular flexibility index (Phi) is 4.94. The first-order valence-corrected chi connectivity index (χ1v) is 8.08. The Morgan fingerprint density at radius 2 is 1.96 bits per heavy atom. The second kappa shape index (κ2) is 7.00. The van der Waals surface area contributed by atoms with Gasteiger partial charge < -0.3 is 9.84 Å². The molecule has 0 saturated carbocycles. The minimum Gasteiger partial charge on any atom is -0.454 e. The van der Waals surface area contributed by atoms with Gasteiger partial charge >= 0.3 is 0 Å². The summed E-state index contributed by atoms with van der Waals surface area (Å²) < 4.78 is 21.4. The van der Waals surface area contributed by atoms with Crippen molar-refractivity contribution >= 4 is 23.2 Å². The van der Waals surface area contributed by atoms with Crippen LogP contribution in [0, 0.1) is 5.82 Å². The maximum atomic E-state index is 14.4. The predicted molar refractivity (Wildman–Crippen MR) is 92.5 cm³/mol. The SMILES string of the molecule is CC(O)(Cn1cncn1)c1cc(F)c(Oc2ccc(Cl)cc2)cc1Cl. The van der Waals surface area contributed by atoms with Gasteiger partial charge in [-0.1, -0.05) is 23.2 Å². The van der Waals surface area contributed by atoms with Crippen LogP contribution in [-0.2, 0) is 12.1 Å². The lowest BCUT2D eigenvalue weighted by Gasteiger charge is -2.25. The maximum absolute atomic E-state index is 14.4. The Balaban J connectivity index is 1.87. The molecular weight excluding hydrogens is 368 g/mol. The highest BCUT2D eigenvalue weighted by atomic mass is 35.5. The van der Waals surface area contributed by atoms with Gasteiger partial charge in [-0.15, -0.1) is 0 Å². The molecule has 2 aromatic carbocycles. The summed E-state index contributed by atoms with van der Waals surface area (Å²) in [5, 5.41) is 15.3. The molecule has 1 unspecified atom stereocenters. The number of nitrogens with zero attached hydrogens (tertiary/aromatic N) is 3. The average molecular weight is 382 g/mol. The first kappa shape index (κ1) is 17.7. The molecule has 0 amide bonds. The van der Waals surface area contributed by atoms with Gasteiger partial charge in [-0.3, -0.25) is 0 Å². The summed E-state index contributed by atoms with van der Waals surface area (Å²) >= 11 is 12.1. The van der Waals surface area contributed by atoms with E-state index in [-0.39, 0.29) is 22.9 Å². The van der Waals surface area contributed by atoms with E-state index < -0.39 is 11.4 Å². The summed E-state index contributed by atoms with van der Waals surface area (Å²) in [6, 6.07) is 8.98. The van der Waals surface area contributed by atoms with Gasteiger partial charge in [-0.25, -0.2) is 14.1 Å². The van der Waals surface area contributed by atoms with Crippen LogP contribution < -0.4 is 4.74 Å². The van der Waals surface area contributed by atoms with Crippen molar-refractivity contribution in [1.82, 2.24) is 14.8 Å². The summed E-state index contributed by atoms with van der Waals surface area (Å²) in [7, 11) is 0. The van der Waals surface area contributed by atoms with Crippen LogP contribution in [-0.4, -0.2) is 19.9 Å². The Morgan fingerprint density at radius 3 is 2.60 bits per heavy atom. The van der Waals surface area contributed by atoms with Gasteiger partial charge in [0, 0.05) is 16.7 Å². The van der Waals surface area contributed by atoms with E-state index in [0.29, 0.717) is 10.8 Å². The van der Waals surface area contributed by atoms with E-state index in [2.05, 4.69) is 10.1 Å². The first-order valence-electron chi connectivity index (χ1n) is 7.33. The van der Waals surface area contributed by atoms with Gasteiger partial charge in [-0.2, -0.15) is 5.10 Å². The molecule has 0 bridgehead atoms. The van der Waals surface area contributed by atoms with Crippen LogP contribution in [0.2, 0.25) is 10.0 Å². The molecule has 0 fully saturated rings. The molecular formula is C17H14Cl2FN3O2. The van der Waals surface area contributed by atoms with E-state index >= 15 is 0 Å². The van der Waals surface area contributed by atoms with Crippen molar-refractivity contribution < 1.29 is 14.2 Å². The quantitative estimate of drug-likeness (QED) is 0.710. The minimum absolute atomic E-state index is 0.0485. The van der Waals surface area contributed by atoms with E-state index in [1.54, 1.807) is 24.3 Å². The molecule has 8 heteroatoms. The highest BCUT2D eigenvalue weighted by Gasteiger charge is 2.28. The third-order valence-corrected chi connectivity index (χ3v) is 4.14. The first-order chi connectivity index (χ1) is 11.8. The monoisotopic (exact) mass is 381 g/mol. The van der Waals surface area contributed by atoms with Gasteiger partial charge in [0.1, 0.15) is 24.0 Å². The molecule has 1 atom stereocenters. The fraction of sp³-hybridized carbons (Fsp3) is 0.176. The molecule has 25 heavy (non-hydrogen) atoms. The van der Waals surface area contributed by atoms with Crippen LogP contribution in [0.5, 0.6) is 11.5 Å². The van der Waals surface area contributed by atoms with Gasteiger partial charge in [0.05, 0.1) is 11.6 Å². The summed E-state index contributed by atoms with van der Waals surface area (Å²) in [6.45, 7) is 1.60. The largest absolute Gasteiger partial charge is 0.454 e. The molecule has 1 N–H and O–H groups in total. The number of benzene rings is 2. The molecule has 1 aromatic heterocycles. The summed E-state index contributed by atoms with van der Waals surface area (Å²) in [5.41, 5.74) is -1.21. The van der Waals surface area contributed by atoms with Crippen molar-refractivity contribution in [2.24, 2.45) is 0 Å². The molecule has 5 nitrogen and oxygen atoms in total. The van der Waals surface area contributed by atoms with E-state index in [0.717, 1.165) is 6.07 Å². The zero-order valence-electron chi connectivity index (χ0n) is 13.2. The maximum Gasteiger partial charge on any atom is 0.166 e. The zero-order chi connectivity index (χ0) is 18.0. The van der Waals surface area contributed by atoms with Gasteiger partial charge in [0.15, 0.2) is 11.6 Å². The Morgan fingerprint density at radius 1 is 1.24 bits per heavy atom. The number of ether oxygens (including phenoxy) is 1. The molecule has 3 rings (SSSR count). The molecule has 3 aromatic rings. The number of aromatic nitrogens is 3. The number of halogens is 3. The molecule has 130 valence electrons. The van der Waals surface area contributed by atoms with Gasteiger partial charge in [0.25, 0.3) is 0 Å². The lowest BCUT2D eigenvalue weighted by atomic mass is 9.95. The number of hydrogen-bond acceptors (Lipinski definition) is 4. The lowest BCUT2D eigenvalue weighted by Crippen LogP contribution is -2.28. The summed E-state index contributed by atoms with van der Waals surface area (Å²) in [4.78, 5) is 3.81. The van der Waals surface area contributed by atoms with E-state index in [1.165, 1.54) is 30.3 Å². The number of aliphatic hydroxyl groups is 1. The van der Waals surface area contributed by atoms with E-state index in [1.807, 2.05) is 0 Å². The van der Waals surface area contributed by atoms with Crippen LogP contribution in [0.25, 0.3) is 0 Å². The number of hydrogen-bond donors (Lipinski definition) is 1. The van der Waals surface area contributed by atoms with Crippen LogP contribution in [0.15, 0.2) is 49.1 Å². The highest BCUT2D eigenvalue weighted by Crippen LogP contribution is 2.36. The fourth-order valence-corrected chi connectivity index (χ4v) is 2.85. The van der Waals surface area contributed by atoms with Crippen molar-refractivity contribution in [3.63, 3.8) is 0 Å². The zero-order valence-corrected chi connectivity index (χ0v) is 14.7. The Hall–Kier alpha value is -2.15. The Labute approximate surface area is 153 Å². The predicted octanol–water partition coefficient (Wildman–Crippen LogP) is 4.42. The molecule has 0 aliphatic heterocycles. The van der Waals surface area contributed by atoms with Crippen LogP contribution in [0.3, 0.4) is 0 Å². The van der Waals surface area contributed by atoms with Crippen molar-refractivity contribution in [1.29, 1.82) is 0 Å². The number of rotatable bonds is 5. The molecule has 0 radical (unpaired) electrons. The van der Waals surface area contributed by atoms with Crippen molar-refractivity contribution in [3.8, 4) is 11.5 Å². The molecule has 1 heterocycles. The van der Waals surface area contributed by atoms with Crippen LogP contribution in [0.4, 0.5) is 4.39 Å². The molecule has 0 saturated heterocycles. The molecule has 0 spiro atoms. The van der Waals surface area contributed by atoms with Crippen molar-refractivity contribution in [2.45, 2.75) is 19.1 Å². The van der Waals surface area contributed by atoms with Crippen LogP contribution >= 0.6 is 23.2 Å². The van der Waals surface area contributed by atoms with E-state index in [4.69, 9.17) is 27.9 Å². The van der Waals surface area contributed by atoms with Gasteiger partial charge in [0.2, 0.25) is 0 Å². The van der Waals surface area contributed by atoms with E-state index in [9.17, 15) is 9.50 Å². The third kappa shape index (κ3) is 4.10. The normalized spacial score (nSPS) is 13.5. The van der Waals surface area contributed by atoms with Crippen molar-refractivity contribution in [2.75, 3.05) is 0 Å². The minimum atomic E-state index is -1.44. The summed E-state index contributed by atoms with van der Waals surface area (Å²) in [5.74, 6) is -0.276.